The van der Waals surface area contributed by atoms with E-state index in [1.165, 1.54) is 24.3 Å². The maximum absolute atomic E-state index is 14.9. The summed E-state index contributed by atoms with van der Waals surface area (Å²) < 4.78 is 29.8. The first-order valence-corrected chi connectivity index (χ1v) is 8.68. The topological polar surface area (TPSA) is 40.5 Å². The SMILES string of the molecule is O[C@H](c1ccc2ccccc2c1)C(F)(F)[C@H](O)c1ccc2ccccc2c1. The second-order valence-electron chi connectivity index (χ2n) is 6.69. The lowest BCUT2D eigenvalue weighted by atomic mass is 9.92. The summed E-state index contributed by atoms with van der Waals surface area (Å²) in [5.74, 6) is -3.75. The normalized spacial score (nSPS) is 14.4. The van der Waals surface area contributed by atoms with Crippen molar-refractivity contribution < 1.29 is 19.0 Å². The Kier molecular flexibility index (Phi) is 4.38. The summed E-state index contributed by atoms with van der Waals surface area (Å²) in [5, 5.41) is 24.0. The Morgan fingerprint density at radius 3 is 1.33 bits per heavy atom. The van der Waals surface area contributed by atoms with Crippen molar-refractivity contribution in [3.63, 3.8) is 0 Å². The van der Waals surface area contributed by atoms with Gasteiger partial charge in [-0.1, -0.05) is 72.8 Å². The Balaban J connectivity index is 1.68. The largest absolute Gasteiger partial charge is 0.382 e. The molecule has 0 aromatic heterocycles. The maximum atomic E-state index is 14.9. The summed E-state index contributed by atoms with van der Waals surface area (Å²) >= 11 is 0. The van der Waals surface area contributed by atoms with E-state index in [0.29, 0.717) is 0 Å². The Hall–Kier alpha value is -2.82. The van der Waals surface area contributed by atoms with Crippen molar-refractivity contribution in [3.05, 3.63) is 96.1 Å². The lowest BCUT2D eigenvalue weighted by Crippen LogP contribution is -2.33. The van der Waals surface area contributed by atoms with E-state index >= 15 is 0 Å². The van der Waals surface area contributed by atoms with Crippen LogP contribution in [0.5, 0.6) is 0 Å². The zero-order chi connectivity index (χ0) is 19.0. The van der Waals surface area contributed by atoms with Gasteiger partial charge in [0.05, 0.1) is 0 Å². The van der Waals surface area contributed by atoms with Crippen LogP contribution in [0.15, 0.2) is 84.9 Å². The minimum atomic E-state index is -3.75. The van der Waals surface area contributed by atoms with Gasteiger partial charge in [-0.3, -0.25) is 0 Å². The molecule has 2 N–H and O–H groups in total. The molecule has 2 atom stereocenters. The molecule has 0 saturated heterocycles. The summed E-state index contributed by atoms with van der Waals surface area (Å²) in [6, 6.07) is 24.0. The van der Waals surface area contributed by atoms with Gasteiger partial charge in [-0.25, -0.2) is 8.78 Å². The van der Waals surface area contributed by atoms with E-state index in [1.54, 1.807) is 36.4 Å². The molecule has 0 aliphatic heterocycles. The van der Waals surface area contributed by atoms with Crippen LogP contribution in [0, 0.1) is 0 Å². The van der Waals surface area contributed by atoms with Crippen LogP contribution in [0.25, 0.3) is 21.5 Å². The fourth-order valence-corrected chi connectivity index (χ4v) is 3.35. The molecule has 0 aliphatic rings. The van der Waals surface area contributed by atoms with Crippen LogP contribution in [-0.4, -0.2) is 16.1 Å². The highest BCUT2D eigenvalue weighted by Gasteiger charge is 2.47. The molecule has 0 aliphatic carbocycles. The van der Waals surface area contributed by atoms with Crippen molar-refractivity contribution >= 4 is 21.5 Å². The highest BCUT2D eigenvalue weighted by Crippen LogP contribution is 2.42. The van der Waals surface area contributed by atoms with Crippen molar-refractivity contribution in [3.8, 4) is 0 Å². The summed E-state index contributed by atoms with van der Waals surface area (Å²) in [4.78, 5) is 0. The van der Waals surface area contributed by atoms with Crippen molar-refractivity contribution in [2.75, 3.05) is 0 Å². The first-order chi connectivity index (χ1) is 13.0. The van der Waals surface area contributed by atoms with E-state index in [-0.39, 0.29) is 11.1 Å². The molecular weight excluding hydrogens is 346 g/mol. The number of hydrogen-bond acceptors (Lipinski definition) is 2. The Morgan fingerprint density at radius 1 is 0.556 bits per heavy atom. The van der Waals surface area contributed by atoms with E-state index < -0.39 is 18.1 Å². The van der Waals surface area contributed by atoms with Crippen LogP contribution >= 0.6 is 0 Å². The third-order valence-electron chi connectivity index (χ3n) is 4.91. The van der Waals surface area contributed by atoms with Crippen LogP contribution in [0.1, 0.15) is 23.3 Å². The van der Waals surface area contributed by atoms with Gasteiger partial charge in [0.15, 0.2) is 0 Å². The van der Waals surface area contributed by atoms with E-state index in [9.17, 15) is 19.0 Å². The smallest absolute Gasteiger partial charge is 0.306 e. The number of rotatable bonds is 4. The predicted octanol–water partition coefficient (Wildman–Crippen LogP) is 5.40. The Morgan fingerprint density at radius 2 is 0.926 bits per heavy atom. The lowest BCUT2D eigenvalue weighted by molar-refractivity contribution is -0.181. The first kappa shape index (κ1) is 17.6. The minimum Gasteiger partial charge on any atom is -0.382 e. The Labute approximate surface area is 155 Å². The zero-order valence-corrected chi connectivity index (χ0v) is 14.4. The van der Waals surface area contributed by atoms with E-state index in [0.717, 1.165) is 21.5 Å². The minimum absolute atomic E-state index is 0.0681. The van der Waals surface area contributed by atoms with Gasteiger partial charge in [0.25, 0.3) is 0 Å². The van der Waals surface area contributed by atoms with Gasteiger partial charge in [-0.15, -0.1) is 0 Å². The molecule has 2 nitrogen and oxygen atoms in total. The molecular formula is C23H18F2O2. The molecule has 0 amide bonds. The molecule has 4 heteroatoms. The molecule has 0 saturated carbocycles. The number of aliphatic hydroxyl groups excluding tert-OH is 2. The molecule has 4 rings (SSSR count). The van der Waals surface area contributed by atoms with E-state index in [2.05, 4.69) is 0 Å². The fourth-order valence-electron chi connectivity index (χ4n) is 3.35. The second-order valence-corrected chi connectivity index (χ2v) is 6.69. The predicted molar refractivity (Wildman–Crippen MR) is 103 cm³/mol. The summed E-state index contributed by atoms with van der Waals surface area (Å²) in [6.45, 7) is 0. The standard InChI is InChI=1S/C23H18F2O2/c24-23(25,21(26)19-11-9-15-5-1-3-7-17(15)13-19)22(27)20-12-10-16-6-2-4-8-18(16)14-20/h1-14,21-22,26-27H/t21-,22-/m1/s1. The number of alkyl halides is 2. The van der Waals surface area contributed by atoms with Gasteiger partial charge in [-0.2, -0.15) is 0 Å². The van der Waals surface area contributed by atoms with Gasteiger partial charge in [0.1, 0.15) is 12.2 Å². The van der Waals surface area contributed by atoms with Gasteiger partial charge in [0, 0.05) is 0 Å². The third kappa shape index (κ3) is 3.18. The molecule has 0 heterocycles. The van der Waals surface area contributed by atoms with Gasteiger partial charge < -0.3 is 10.2 Å². The van der Waals surface area contributed by atoms with Gasteiger partial charge in [0.2, 0.25) is 0 Å². The first-order valence-electron chi connectivity index (χ1n) is 8.68. The number of aliphatic hydroxyl groups is 2. The molecule has 0 bridgehead atoms. The monoisotopic (exact) mass is 364 g/mol. The van der Waals surface area contributed by atoms with E-state index in [4.69, 9.17) is 0 Å². The summed E-state index contributed by atoms with van der Waals surface area (Å²) in [7, 11) is 0. The summed E-state index contributed by atoms with van der Waals surface area (Å²) in [5.41, 5.74) is 0.136. The molecule has 136 valence electrons. The van der Waals surface area contributed by atoms with Crippen molar-refractivity contribution in [1.29, 1.82) is 0 Å². The summed E-state index contributed by atoms with van der Waals surface area (Å²) in [6.07, 6.45) is -4.24. The molecule has 4 aromatic carbocycles. The van der Waals surface area contributed by atoms with Crippen molar-refractivity contribution in [2.24, 2.45) is 0 Å². The average molecular weight is 364 g/mol. The van der Waals surface area contributed by atoms with Crippen LogP contribution < -0.4 is 0 Å². The molecule has 0 spiro atoms. The average Bonchev–Trinajstić information content (AvgIpc) is 2.71. The number of hydrogen-bond donors (Lipinski definition) is 2. The van der Waals surface area contributed by atoms with Crippen LogP contribution in [0.3, 0.4) is 0 Å². The Bertz CT molecular complexity index is 1020. The van der Waals surface area contributed by atoms with Gasteiger partial charge in [-0.05, 0) is 44.8 Å². The molecule has 0 fully saturated rings. The fraction of sp³-hybridized carbons (Fsp3) is 0.130. The molecule has 27 heavy (non-hydrogen) atoms. The number of fused-ring (bicyclic) bond motifs is 2. The number of halogens is 2. The molecule has 0 unspecified atom stereocenters. The maximum Gasteiger partial charge on any atom is 0.306 e. The van der Waals surface area contributed by atoms with Crippen LogP contribution in [0.4, 0.5) is 8.78 Å². The number of benzene rings is 4. The lowest BCUT2D eigenvalue weighted by Gasteiger charge is -2.28. The van der Waals surface area contributed by atoms with Crippen molar-refractivity contribution in [2.45, 2.75) is 18.1 Å². The quantitative estimate of drug-likeness (QED) is 0.509. The highest BCUT2D eigenvalue weighted by atomic mass is 19.3. The molecule has 0 radical (unpaired) electrons. The zero-order valence-electron chi connectivity index (χ0n) is 14.4. The van der Waals surface area contributed by atoms with Crippen molar-refractivity contribution in [1.82, 2.24) is 0 Å². The van der Waals surface area contributed by atoms with Crippen LogP contribution in [-0.2, 0) is 0 Å². The van der Waals surface area contributed by atoms with Crippen LogP contribution in [0.2, 0.25) is 0 Å². The van der Waals surface area contributed by atoms with E-state index in [1.807, 2.05) is 24.3 Å². The molecule has 4 aromatic rings. The third-order valence-corrected chi connectivity index (χ3v) is 4.91. The second kappa shape index (κ2) is 6.72. The highest BCUT2D eigenvalue weighted by molar-refractivity contribution is 5.84. The van der Waals surface area contributed by atoms with Gasteiger partial charge >= 0.3 is 5.92 Å².